The maximum Gasteiger partial charge on any atom is 0.416 e. The molecule has 1 aromatic rings. The highest BCUT2D eigenvalue weighted by Gasteiger charge is 2.32. The maximum absolute atomic E-state index is 12.7. The number of hydrogen-bond donors (Lipinski definition) is 2. The molecule has 2 aliphatic rings. The predicted octanol–water partition coefficient (Wildman–Crippen LogP) is 4.57. The molecule has 2 unspecified atom stereocenters. The Labute approximate surface area is 145 Å². The van der Waals surface area contributed by atoms with Crippen LogP contribution in [0.4, 0.5) is 13.2 Å². The molecule has 1 aromatic carbocycles. The number of carboxylic acids is 1. The van der Waals surface area contributed by atoms with Crippen molar-refractivity contribution in [3.05, 3.63) is 35.4 Å². The summed E-state index contributed by atoms with van der Waals surface area (Å²) in [6.07, 6.45) is 1.87. The third-order valence-electron chi connectivity index (χ3n) is 5.69. The summed E-state index contributed by atoms with van der Waals surface area (Å²) in [6.45, 7) is 0. The first-order chi connectivity index (χ1) is 11.8. The van der Waals surface area contributed by atoms with Gasteiger partial charge in [-0.1, -0.05) is 12.1 Å². The maximum atomic E-state index is 12.7. The zero-order valence-corrected chi connectivity index (χ0v) is 14.1. The fourth-order valence-electron chi connectivity index (χ4n) is 4.22. The van der Waals surface area contributed by atoms with Gasteiger partial charge in [-0.25, -0.2) is 0 Å². The van der Waals surface area contributed by atoms with Crippen LogP contribution in [0.1, 0.15) is 62.0 Å². The molecule has 2 N–H and O–H groups in total. The van der Waals surface area contributed by atoms with Crippen molar-refractivity contribution in [2.45, 2.75) is 69.1 Å². The largest absolute Gasteiger partial charge is 0.481 e. The van der Waals surface area contributed by atoms with Crippen LogP contribution in [0.15, 0.2) is 24.3 Å². The average molecular weight is 355 g/mol. The minimum absolute atomic E-state index is 0.207. The van der Waals surface area contributed by atoms with Gasteiger partial charge in [-0.15, -0.1) is 0 Å². The number of hydrogen-bond acceptors (Lipinski definition) is 2. The van der Waals surface area contributed by atoms with Crippen LogP contribution in [-0.2, 0) is 11.0 Å². The highest BCUT2D eigenvalue weighted by Crippen LogP contribution is 2.37. The molecule has 0 saturated heterocycles. The Morgan fingerprint density at radius 2 is 1.56 bits per heavy atom. The molecule has 2 saturated carbocycles. The van der Waals surface area contributed by atoms with Gasteiger partial charge in [-0.2, -0.15) is 13.2 Å². The smallest absolute Gasteiger partial charge is 0.416 e. The molecular formula is C19H24F3NO2. The van der Waals surface area contributed by atoms with Gasteiger partial charge in [0.25, 0.3) is 0 Å². The van der Waals surface area contributed by atoms with Crippen molar-refractivity contribution in [1.29, 1.82) is 0 Å². The lowest BCUT2D eigenvalue weighted by molar-refractivity contribution is -0.143. The van der Waals surface area contributed by atoms with E-state index >= 15 is 0 Å². The van der Waals surface area contributed by atoms with E-state index in [9.17, 15) is 18.0 Å². The van der Waals surface area contributed by atoms with E-state index in [4.69, 9.17) is 5.11 Å². The van der Waals surface area contributed by atoms with Crippen molar-refractivity contribution >= 4 is 5.97 Å². The highest BCUT2D eigenvalue weighted by molar-refractivity contribution is 5.70. The monoisotopic (exact) mass is 355 g/mol. The molecule has 2 aliphatic carbocycles. The lowest BCUT2D eigenvalue weighted by Gasteiger charge is -2.29. The molecule has 0 amide bonds. The molecule has 0 bridgehead atoms. The van der Waals surface area contributed by atoms with Crippen molar-refractivity contribution in [3.63, 3.8) is 0 Å². The summed E-state index contributed by atoms with van der Waals surface area (Å²) in [5.41, 5.74) is 0.381. The van der Waals surface area contributed by atoms with Gasteiger partial charge in [0, 0.05) is 12.1 Å². The number of carboxylic acid groups (broad SMARTS) is 1. The van der Waals surface area contributed by atoms with E-state index < -0.39 is 17.7 Å². The Morgan fingerprint density at radius 1 is 0.960 bits per heavy atom. The Hall–Kier alpha value is -1.56. The summed E-state index contributed by atoms with van der Waals surface area (Å²) in [5.74, 6) is -0.599. The van der Waals surface area contributed by atoms with Gasteiger partial charge in [0.2, 0.25) is 0 Å². The Balaban J connectivity index is 1.50. The number of aliphatic carboxylic acids is 1. The summed E-state index contributed by atoms with van der Waals surface area (Å²) in [6, 6.07) is 6.29. The molecule has 3 rings (SSSR count). The average Bonchev–Trinajstić information content (AvgIpc) is 3.03. The van der Waals surface area contributed by atoms with Gasteiger partial charge in [0.1, 0.15) is 0 Å². The van der Waals surface area contributed by atoms with Gasteiger partial charge >= 0.3 is 12.1 Å². The Kier molecular flexibility index (Phi) is 5.37. The molecule has 138 valence electrons. The van der Waals surface area contributed by atoms with Crippen LogP contribution in [0.5, 0.6) is 0 Å². The number of nitrogens with one attached hydrogen (secondary N) is 1. The lowest BCUT2D eigenvalue weighted by Crippen LogP contribution is -2.40. The van der Waals surface area contributed by atoms with E-state index in [1.54, 1.807) is 12.1 Å². The van der Waals surface area contributed by atoms with Crippen molar-refractivity contribution in [3.8, 4) is 0 Å². The van der Waals surface area contributed by atoms with Gasteiger partial charge in [-0.3, -0.25) is 4.79 Å². The second-order valence-corrected chi connectivity index (χ2v) is 7.38. The molecule has 0 aromatic heterocycles. The van der Waals surface area contributed by atoms with Gasteiger partial charge in [0.15, 0.2) is 0 Å². The second-order valence-electron chi connectivity index (χ2n) is 7.38. The number of carbonyl (C=O) groups is 1. The van der Waals surface area contributed by atoms with Crippen LogP contribution in [-0.4, -0.2) is 23.2 Å². The zero-order chi connectivity index (χ0) is 18.0. The van der Waals surface area contributed by atoms with E-state index in [2.05, 4.69) is 5.32 Å². The molecule has 2 atom stereocenters. The third kappa shape index (κ3) is 4.54. The van der Waals surface area contributed by atoms with Gasteiger partial charge < -0.3 is 10.4 Å². The van der Waals surface area contributed by atoms with Crippen molar-refractivity contribution in [2.75, 3.05) is 0 Å². The van der Waals surface area contributed by atoms with E-state index in [1.165, 1.54) is 12.1 Å². The number of halogens is 3. The van der Waals surface area contributed by atoms with Crippen molar-refractivity contribution < 1.29 is 23.1 Å². The first-order valence-corrected chi connectivity index (χ1v) is 8.99. The van der Waals surface area contributed by atoms with E-state index in [-0.39, 0.29) is 5.92 Å². The van der Waals surface area contributed by atoms with E-state index in [1.807, 2.05) is 0 Å². The molecule has 25 heavy (non-hydrogen) atoms. The van der Waals surface area contributed by atoms with Crippen LogP contribution in [0, 0.1) is 5.92 Å². The minimum Gasteiger partial charge on any atom is -0.481 e. The predicted molar refractivity (Wildman–Crippen MR) is 88.3 cm³/mol. The SMILES string of the molecule is O=C(O)C1CCC(NC2CCC(c3ccc(C(F)(F)F)cc3)C2)CC1. The molecular weight excluding hydrogens is 331 g/mol. The van der Waals surface area contributed by atoms with Crippen molar-refractivity contribution in [1.82, 2.24) is 5.32 Å². The van der Waals surface area contributed by atoms with Crippen LogP contribution < -0.4 is 5.32 Å². The third-order valence-corrected chi connectivity index (χ3v) is 5.69. The second kappa shape index (κ2) is 7.36. The fourth-order valence-corrected chi connectivity index (χ4v) is 4.22. The standard InChI is InChI=1S/C19H24F3NO2/c20-19(21,22)15-6-1-12(2-7-15)14-5-10-17(11-14)23-16-8-3-13(4-9-16)18(24)25/h1-2,6-7,13-14,16-17,23H,3-5,8-11H2,(H,24,25). The quantitative estimate of drug-likeness (QED) is 0.831. The Bertz CT molecular complexity index is 592. The number of alkyl halides is 3. The van der Waals surface area contributed by atoms with Crippen LogP contribution in [0.25, 0.3) is 0 Å². The molecule has 0 spiro atoms. The number of rotatable bonds is 4. The van der Waals surface area contributed by atoms with Crippen LogP contribution >= 0.6 is 0 Å². The summed E-state index contributed by atoms with van der Waals surface area (Å²) in [7, 11) is 0. The fraction of sp³-hybridized carbons (Fsp3) is 0.632. The van der Waals surface area contributed by atoms with Crippen LogP contribution in [0.2, 0.25) is 0 Å². The summed E-state index contributed by atoms with van der Waals surface area (Å²) < 4.78 is 38.0. The Morgan fingerprint density at radius 3 is 2.12 bits per heavy atom. The van der Waals surface area contributed by atoms with E-state index in [0.717, 1.165) is 50.5 Å². The first-order valence-electron chi connectivity index (χ1n) is 8.99. The molecule has 0 aliphatic heterocycles. The minimum atomic E-state index is -4.28. The molecule has 0 heterocycles. The van der Waals surface area contributed by atoms with Crippen molar-refractivity contribution in [2.24, 2.45) is 5.92 Å². The summed E-state index contributed by atoms with van der Waals surface area (Å²) >= 11 is 0. The van der Waals surface area contributed by atoms with Gasteiger partial charge in [0.05, 0.1) is 11.5 Å². The summed E-state index contributed by atoms with van der Waals surface area (Å²) in [4.78, 5) is 11.0. The normalized spacial score (nSPS) is 30.4. The highest BCUT2D eigenvalue weighted by atomic mass is 19.4. The summed E-state index contributed by atoms with van der Waals surface area (Å²) in [5, 5.41) is 12.7. The van der Waals surface area contributed by atoms with E-state index in [0.29, 0.717) is 18.0 Å². The molecule has 2 fully saturated rings. The topological polar surface area (TPSA) is 49.3 Å². The lowest BCUT2D eigenvalue weighted by atomic mass is 9.85. The van der Waals surface area contributed by atoms with Gasteiger partial charge in [-0.05, 0) is 68.6 Å². The van der Waals surface area contributed by atoms with Crippen LogP contribution in [0.3, 0.4) is 0 Å². The first kappa shape index (κ1) is 18.2. The number of benzene rings is 1. The molecule has 3 nitrogen and oxygen atoms in total. The molecule has 6 heteroatoms. The molecule has 0 radical (unpaired) electrons. The zero-order valence-electron chi connectivity index (χ0n) is 14.1.